The van der Waals surface area contributed by atoms with Crippen molar-refractivity contribution in [1.82, 2.24) is 4.90 Å². The summed E-state index contributed by atoms with van der Waals surface area (Å²) in [6.45, 7) is 13.4. The smallest absolute Gasteiger partial charge is 0.251 e. The van der Waals surface area contributed by atoms with Crippen LogP contribution in [0.25, 0.3) is 0 Å². The molecule has 92 valence electrons. The Morgan fingerprint density at radius 2 is 1.44 bits per heavy atom. The number of rotatable bonds is 8. The van der Waals surface area contributed by atoms with Gasteiger partial charge in [-0.05, 0) is 27.7 Å². The van der Waals surface area contributed by atoms with Gasteiger partial charge in [0.05, 0.1) is 0 Å². The highest BCUT2D eigenvalue weighted by Crippen LogP contribution is 2.24. The Morgan fingerprint density at radius 3 is 1.69 bits per heavy atom. The van der Waals surface area contributed by atoms with Gasteiger partial charge < -0.3 is 8.85 Å². The number of hydrogen-bond donors (Lipinski definition) is 0. The van der Waals surface area contributed by atoms with Gasteiger partial charge in [-0.25, -0.2) is 0 Å². The summed E-state index contributed by atoms with van der Waals surface area (Å²) < 4.78 is 10.6. The fourth-order valence-electron chi connectivity index (χ4n) is 1.89. The van der Waals surface area contributed by atoms with E-state index in [-0.39, 0.29) is 10.3 Å². The van der Waals surface area contributed by atoms with E-state index in [1.54, 1.807) is 14.2 Å². The van der Waals surface area contributed by atoms with Crippen molar-refractivity contribution in [1.29, 1.82) is 0 Å². The van der Waals surface area contributed by atoms with Gasteiger partial charge >= 0.3 is 0 Å². The Hall–Kier alpha value is 0.0538. The molecule has 5 heteroatoms. The molecule has 0 aliphatic rings. The average molecular weight is 257 g/mol. The summed E-state index contributed by atoms with van der Waals surface area (Å²) in [6.07, 6.45) is 1.93. The second-order valence-corrected chi connectivity index (χ2v) is 8.30. The van der Waals surface area contributed by atoms with E-state index >= 15 is 0 Å². The molecular weight excluding hydrogens is 234 g/mol. The highest BCUT2D eigenvalue weighted by molar-refractivity contribution is 6.34. The molecule has 0 saturated heterocycles. The topological polar surface area (TPSA) is 21.7 Å². The Bertz CT molecular complexity index is 202. The monoisotopic (exact) mass is 257 g/mol. The van der Waals surface area contributed by atoms with Crippen LogP contribution in [-0.4, -0.2) is 55.5 Å². The third-order valence-corrected chi connectivity index (χ3v) is 4.31. The summed E-state index contributed by atoms with van der Waals surface area (Å²) in [7, 11) is 4.37. The molecule has 0 amide bonds. The van der Waals surface area contributed by atoms with Crippen molar-refractivity contribution in [3.8, 4) is 0 Å². The molecule has 0 bridgehead atoms. The molecule has 0 aromatic rings. The first-order valence-corrected chi connectivity index (χ1v) is 7.12. The quantitative estimate of drug-likeness (QED) is 0.486. The molecule has 0 aromatic carbocycles. The molecule has 0 atom stereocenters. The van der Waals surface area contributed by atoms with Crippen molar-refractivity contribution in [3.63, 3.8) is 0 Å². The maximum atomic E-state index is 5.32. The molecular formula is C11H23NO2Si2. The van der Waals surface area contributed by atoms with Crippen molar-refractivity contribution in [2.24, 2.45) is 0 Å². The van der Waals surface area contributed by atoms with Crippen molar-refractivity contribution in [2.45, 2.75) is 38.0 Å². The minimum Gasteiger partial charge on any atom is -0.419 e. The molecule has 0 aliphatic heterocycles. The summed E-state index contributed by atoms with van der Waals surface area (Å²) in [5.41, 5.74) is 0. The predicted octanol–water partition coefficient (Wildman–Crippen LogP) is 1.48. The molecule has 0 N–H and O–H groups in total. The van der Waals surface area contributed by atoms with E-state index in [0.29, 0.717) is 19.5 Å². The molecule has 0 rings (SSSR count). The number of hydrogen-bond acceptors (Lipinski definition) is 3. The minimum absolute atomic E-state index is 0.00201. The third-order valence-electron chi connectivity index (χ3n) is 2.36. The van der Waals surface area contributed by atoms with Crippen LogP contribution in [-0.2, 0) is 8.85 Å². The Balaban J connectivity index is 4.89. The second kappa shape index (κ2) is 6.71. The van der Waals surface area contributed by atoms with E-state index in [1.165, 1.54) is 0 Å². The maximum absolute atomic E-state index is 5.32. The van der Waals surface area contributed by atoms with Gasteiger partial charge in [0.1, 0.15) is 0 Å². The van der Waals surface area contributed by atoms with Crippen LogP contribution in [0.3, 0.4) is 0 Å². The van der Waals surface area contributed by atoms with Crippen LogP contribution >= 0.6 is 0 Å². The van der Waals surface area contributed by atoms with Crippen LogP contribution in [0.15, 0.2) is 12.7 Å². The van der Waals surface area contributed by atoms with Crippen LogP contribution in [0, 0.1) is 0 Å². The van der Waals surface area contributed by atoms with Gasteiger partial charge in [0.25, 0.3) is 19.5 Å². The first kappa shape index (κ1) is 16.1. The normalized spacial score (nSPS) is 13.2. The van der Waals surface area contributed by atoms with Crippen LogP contribution in [0.5, 0.6) is 0 Å². The van der Waals surface area contributed by atoms with Gasteiger partial charge in [0, 0.05) is 31.1 Å². The van der Waals surface area contributed by atoms with E-state index in [4.69, 9.17) is 8.85 Å². The molecule has 4 radical (unpaired) electrons. The molecule has 0 aromatic heterocycles. The molecule has 0 fully saturated rings. The second-order valence-electron chi connectivity index (χ2n) is 4.63. The minimum atomic E-state index is -0.00201. The average Bonchev–Trinajstić information content (AvgIpc) is 2.13. The lowest BCUT2D eigenvalue weighted by atomic mass is 10.2. The fraction of sp³-hybridized carbons (Fsp3) is 0.818. The standard InChI is InChI=1S/C11H23NO2Si2/c1-8-9-12(10(2,3)15-13-6)11(4,5)16-14-7/h8H,1,9H2,2-7H3. The highest BCUT2D eigenvalue weighted by Gasteiger charge is 2.39. The zero-order valence-electron chi connectivity index (χ0n) is 11.3. The zero-order valence-corrected chi connectivity index (χ0v) is 13.3. The molecule has 0 heterocycles. The summed E-state index contributed by atoms with van der Waals surface area (Å²) in [4.78, 5) is 2.39. The van der Waals surface area contributed by atoms with Crippen molar-refractivity contribution >= 4 is 19.5 Å². The van der Waals surface area contributed by atoms with Gasteiger partial charge in [-0.1, -0.05) is 6.08 Å². The van der Waals surface area contributed by atoms with Gasteiger partial charge in [0.15, 0.2) is 0 Å². The van der Waals surface area contributed by atoms with Gasteiger partial charge in [-0.2, -0.15) is 0 Å². The Morgan fingerprint density at radius 1 is 1.06 bits per heavy atom. The van der Waals surface area contributed by atoms with Crippen LogP contribution in [0.2, 0.25) is 0 Å². The van der Waals surface area contributed by atoms with Crippen LogP contribution < -0.4 is 0 Å². The highest BCUT2D eigenvalue weighted by atomic mass is 28.2. The fourth-order valence-corrected chi connectivity index (χ4v) is 3.97. The van der Waals surface area contributed by atoms with Crippen LogP contribution in [0.1, 0.15) is 27.7 Å². The summed E-state index contributed by atoms with van der Waals surface area (Å²) in [5.74, 6) is 0. The maximum Gasteiger partial charge on any atom is 0.251 e. The van der Waals surface area contributed by atoms with Crippen LogP contribution in [0.4, 0.5) is 0 Å². The van der Waals surface area contributed by atoms with E-state index in [1.807, 2.05) is 6.08 Å². The molecule has 0 aliphatic carbocycles. The van der Waals surface area contributed by atoms with E-state index in [0.717, 1.165) is 6.54 Å². The Labute approximate surface area is 105 Å². The lowest BCUT2D eigenvalue weighted by Gasteiger charge is -2.46. The van der Waals surface area contributed by atoms with Crippen molar-refractivity contribution < 1.29 is 8.85 Å². The molecule has 0 spiro atoms. The lowest BCUT2D eigenvalue weighted by molar-refractivity contribution is 0.110. The van der Waals surface area contributed by atoms with Crippen molar-refractivity contribution in [2.75, 3.05) is 20.8 Å². The van der Waals surface area contributed by atoms with E-state index < -0.39 is 0 Å². The number of nitrogens with zero attached hydrogens (tertiary/aromatic N) is 1. The lowest BCUT2D eigenvalue weighted by Crippen LogP contribution is -2.61. The van der Waals surface area contributed by atoms with Gasteiger partial charge in [-0.15, -0.1) is 6.58 Å². The summed E-state index contributed by atoms with van der Waals surface area (Å²) >= 11 is 0. The van der Waals surface area contributed by atoms with Gasteiger partial charge in [0.2, 0.25) is 0 Å². The molecule has 3 nitrogen and oxygen atoms in total. The largest absolute Gasteiger partial charge is 0.419 e. The first-order valence-electron chi connectivity index (χ1n) is 5.30. The van der Waals surface area contributed by atoms with Gasteiger partial charge in [-0.3, -0.25) is 4.90 Å². The van der Waals surface area contributed by atoms with E-state index in [2.05, 4.69) is 39.2 Å². The zero-order chi connectivity index (χ0) is 12.8. The molecule has 16 heavy (non-hydrogen) atoms. The summed E-state index contributed by atoms with van der Waals surface area (Å²) in [6, 6.07) is 0. The van der Waals surface area contributed by atoms with E-state index in [9.17, 15) is 0 Å². The summed E-state index contributed by atoms with van der Waals surface area (Å²) in [5, 5.41) is -0.00403. The third kappa shape index (κ3) is 4.51. The SMILES string of the molecule is C=CCN(C(C)(C)[Si]OC)C(C)(C)[Si]OC. The predicted molar refractivity (Wildman–Crippen MR) is 70.6 cm³/mol. The first-order chi connectivity index (χ1) is 7.31. The van der Waals surface area contributed by atoms with Crippen molar-refractivity contribution in [3.05, 3.63) is 12.7 Å². The Kier molecular flexibility index (Phi) is 6.73. The molecule has 0 saturated carbocycles. The molecule has 0 unspecified atom stereocenters.